The van der Waals surface area contributed by atoms with Crippen molar-refractivity contribution in [1.82, 2.24) is 10.6 Å². The molecule has 1 atom stereocenters. The number of amides is 1. The molecule has 0 aliphatic heterocycles. The van der Waals surface area contributed by atoms with Gasteiger partial charge >= 0.3 is 0 Å². The van der Waals surface area contributed by atoms with E-state index < -0.39 is 6.10 Å². The number of hydrogen-bond donors (Lipinski definition) is 3. The second-order valence-electron chi connectivity index (χ2n) is 4.90. The zero-order chi connectivity index (χ0) is 14.3. The average molecular weight is 268 g/mol. The van der Waals surface area contributed by atoms with E-state index in [1.165, 1.54) is 12.1 Å². The average Bonchev–Trinajstić information content (AvgIpc) is 2.36. The third kappa shape index (κ3) is 6.31. The van der Waals surface area contributed by atoms with Crippen molar-refractivity contribution in [2.75, 3.05) is 19.6 Å². The predicted molar refractivity (Wildman–Crippen MR) is 72.1 cm³/mol. The van der Waals surface area contributed by atoms with E-state index in [1.54, 1.807) is 12.1 Å². The molecule has 0 fully saturated rings. The molecule has 1 rings (SSSR count). The first-order chi connectivity index (χ1) is 8.99. The van der Waals surface area contributed by atoms with Crippen LogP contribution in [0.25, 0.3) is 0 Å². The molecular formula is C14H21FN2O2. The van der Waals surface area contributed by atoms with E-state index in [0.717, 1.165) is 0 Å². The second-order valence-corrected chi connectivity index (χ2v) is 4.90. The van der Waals surface area contributed by atoms with Gasteiger partial charge < -0.3 is 15.7 Å². The fraction of sp³-hybridized carbons (Fsp3) is 0.500. The Hall–Kier alpha value is -1.46. The summed E-state index contributed by atoms with van der Waals surface area (Å²) in [6.07, 6.45) is -0.825. The molecule has 1 unspecified atom stereocenters. The molecule has 0 aromatic heterocycles. The third-order valence-electron chi connectivity index (χ3n) is 2.56. The molecule has 0 heterocycles. The first-order valence-corrected chi connectivity index (χ1v) is 6.40. The first-order valence-electron chi connectivity index (χ1n) is 6.40. The quantitative estimate of drug-likeness (QED) is 0.697. The van der Waals surface area contributed by atoms with Crippen LogP contribution in [0.2, 0.25) is 0 Å². The molecule has 5 heteroatoms. The smallest absolute Gasteiger partial charge is 0.233 e. The van der Waals surface area contributed by atoms with Gasteiger partial charge in [0.2, 0.25) is 5.91 Å². The SMILES string of the molecule is CC(C)CNC(=O)CNCC(O)c1cccc(F)c1. The van der Waals surface area contributed by atoms with Crippen molar-refractivity contribution in [1.29, 1.82) is 0 Å². The van der Waals surface area contributed by atoms with Gasteiger partial charge in [0.15, 0.2) is 0 Å². The van der Waals surface area contributed by atoms with Crippen molar-refractivity contribution in [2.24, 2.45) is 5.92 Å². The molecule has 0 spiro atoms. The maximum Gasteiger partial charge on any atom is 0.233 e. The minimum absolute atomic E-state index is 0.111. The zero-order valence-corrected chi connectivity index (χ0v) is 11.3. The highest BCUT2D eigenvalue weighted by atomic mass is 19.1. The van der Waals surface area contributed by atoms with Crippen LogP contribution >= 0.6 is 0 Å². The number of halogens is 1. The molecule has 0 saturated carbocycles. The molecule has 1 amide bonds. The molecule has 106 valence electrons. The maximum absolute atomic E-state index is 13.0. The van der Waals surface area contributed by atoms with E-state index in [1.807, 2.05) is 13.8 Å². The van der Waals surface area contributed by atoms with E-state index >= 15 is 0 Å². The summed E-state index contributed by atoms with van der Waals surface area (Å²) in [5.41, 5.74) is 0.495. The summed E-state index contributed by atoms with van der Waals surface area (Å²) in [6.45, 7) is 5.01. The molecule has 19 heavy (non-hydrogen) atoms. The van der Waals surface area contributed by atoms with Crippen molar-refractivity contribution in [2.45, 2.75) is 20.0 Å². The van der Waals surface area contributed by atoms with Crippen LogP contribution in [0.15, 0.2) is 24.3 Å². The fourth-order valence-electron chi connectivity index (χ4n) is 1.53. The Bertz CT molecular complexity index is 410. The Kier molecular flexibility index (Phi) is 6.45. The molecule has 0 radical (unpaired) electrons. The number of nitrogens with one attached hydrogen (secondary N) is 2. The van der Waals surface area contributed by atoms with Crippen LogP contribution in [0.4, 0.5) is 4.39 Å². The Morgan fingerprint density at radius 2 is 2.11 bits per heavy atom. The largest absolute Gasteiger partial charge is 0.387 e. The summed E-state index contributed by atoms with van der Waals surface area (Å²) in [6, 6.07) is 5.80. The molecule has 3 N–H and O–H groups in total. The van der Waals surface area contributed by atoms with Crippen LogP contribution in [-0.4, -0.2) is 30.6 Å². The molecule has 0 aliphatic carbocycles. The van der Waals surface area contributed by atoms with Gasteiger partial charge in [0.1, 0.15) is 5.82 Å². The Morgan fingerprint density at radius 1 is 1.37 bits per heavy atom. The Morgan fingerprint density at radius 3 is 2.74 bits per heavy atom. The number of hydrogen-bond acceptors (Lipinski definition) is 3. The number of aliphatic hydroxyl groups is 1. The van der Waals surface area contributed by atoms with E-state index in [9.17, 15) is 14.3 Å². The van der Waals surface area contributed by atoms with Crippen molar-refractivity contribution in [3.05, 3.63) is 35.6 Å². The number of rotatable bonds is 7. The standard InChI is InChI=1S/C14H21FN2O2/c1-10(2)7-17-14(19)9-16-8-13(18)11-4-3-5-12(15)6-11/h3-6,10,13,16,18H,7-9H2,1-2H3,(H,17,19). The number of carbonyl (C=O) groups excluding carboxylic acids is 1. The lowest BCUT2D eigenvalue weighted by atomic mass is 10.1. The minimum atomic E-state index is -0.825. The van der Waals surface area contributed by atoms with Gasteiger partial charge in [-0.3, -0.25) is 4.79 Å². The highest BCUT2D eigenvalue weighted by Gasteiger charge is 2.09. The molecule has 1 aromatic carbocycles. The lowest BCUT2D eigenvalue weighted by Gasteiger charge is -2.13. The summed E-state index contributed by atoms with van der Waals surface area (Å²) in [7, 11) is 0. The van der Waals surface area contributed by atoms with E-state index in [-0.39, 0.29) is 24.8 Å². The molecular weight excluding hydrogens is 247 g/mol. The summed E-state index contributed by atoms with van der Waals surface area (Å²) in [4.78, 5) is 11.4. The van der Waals surface area contributed by atoms with E-state index in [2.05, 4.69) is 10.6 Å². The molecule has 4 nitrogen and oxygen atoms in total. The number of benzene rings is 1. The molecule has 0 bridgehead atoms. The first kappa shape index (κ1) is 15.6. The van der Waals surface area contributed by atoms with E-state index in [4.69, 9.17) is 0 Å². The van der Waals surface area contributed by atoms with Gasteiger partial charge in [-0.1, -0.05) is 26.0 Å². The lowest BCUT2D eigenvalue weighted by molar-refractivity contribution is -0.120. The van der Waals surface area contributed by atoms with Gasteiger partial charge in [0.05, 0.1) is 12.6 Å². The highest BCUT2D eigenvalue weighted by molar-refractivity contribution is 5.77. The summed E-state index contributed by atoms with van der Waals surface area (Å²) in [5.74, 6) is -0.0896. The van der Waals surface area contributed by atoms with Gasteiger partial charge in [-0.15, -0.1) is 0 Å². The van der Waals surface area contributed by atoms with Gasteiger partial charge in [0, 0.05) is 13.1 Å². The minimum Gasteiger partial charge on any atom is -0.387 e. The molecule has 1 aromatic rings. The van der Waals surface area contributed by atoms with Crippen LogP contribution in [-0.2, 0) is 4.79 Å². The summed E-state index contributed by atoms with van der Waals surface area (Å²) >= 11 is 0. The van der Waals surface area contributed by atoms with Gasteiger partial charge in [-0.2, -0.15) is 0 Å². The number of carbonyl (C=O) groups is 1. The monoisotopic (exact) mass is 268 g/mol. The van der Waals surface area contributed by atoms with Crippen molar-refractivity contribution in [3.63, 3.8) is 0 Å². The number of aliphatic hydroxyl groups excluding tert-OH is 1. The molecule has 0 aliphatic rings. The summed E-state index contributed by atoms with van der Waals surface area (Å²) in [5, 5.41) is 15.4. The lowest BCUT2D eigenvalue weighted by Crippen LogP contribution is -2.37. The fourth-order valence-corrected chi connectivity index (χ4v) is 1.53. The van der Waals surface area contributed by atoms with Crippen LogP contribution in [0.5, 0.6) is 0 Å². The van der Waals surface area contributed by atoms with Crippen molar-refractivity contribution < 1.29 is 14.3 Å². The van der Waals surface area contributed by atoms with Crippen molar-refractivity contribution in [3.8, 4) is 0 Å². The van der Waals surface area contributed by atoms with Crippen LogP contribution < -0.4 is 10.6 Å². The maximum atomic E-state index is 13.0. The van der Waals surface area contributed by atoms with Crippen LogP contribution in [0, 0.1) is 11.7 Å². The predicted octanol–water partition coefficient (Wildman–Crippen LogP) is 1.22. The zero-order valence-electron chi connectivity index (χ0n) is 11.3. The van der Waals surface area contributed by atoms with Gasteiger partial charge in [-0.25, -0.2) is 4.39 Å². The Balaban J connectivity index is 2.27. The topological polar surface area (TPSA) is 61.4 Å². The van der Waals surface area contributed by atoms with E-state index in [0.29, 0.717) is 18.0 Å². The van der Waals surface area contributed by atoms with Gasteiger partial charge in [0.25, 0.3) is 0 Å². The summed E-state index contributed by atoms with van der Waals surface area (Å²) < 4.78 is 13.0. The van der Waals surface area contributed by atoms with Gasteiger partial charge in [-0.05, 0) is 23.6 Å². The normalized spacial score (nSPS) is 12.5. The van der Waals surface area contributed by atoms with Crippen LogP contribution in [0.1, 0.15) is 25.5 Å². The second kappa shape index (κ2) is 7.86. The molecule has 0 saturated heterocycles. The third-order valence-corrected chi connectivity index (χ3v) is 2.56. The highest BCUT2D eigenvalue weighted by Crippen LogP contribution is 2.12. The Labute approximate surface area is 113 Å². The van der Waals surface area contributed by atoms with Crippen LogP contribution in [0.3, 0.4) is 0 Å². The van der Waals surface area contributed by atoms with Crippen molar-refractivity contribution >= 4 is 5.91 Å².